The molecule has 0 aliphatic rings. The van der Waals surface area contributed by atoms with Crippen LogP contribution in [0.2, 0.25) is 0 Å². The van der Waals surface area contributed by atoms with Gasteiger partial charge in [0.15, 0.2) is 0 Å². The molecule has 0 fully saturated rings. The molecule has 0 radical (unpaired) electrons. The van der Waals surface area contributed by atoms with Crippen molar-refractivity contribution in [1.29, 1.82) is 0 Å². The van der Waals surface area contributed by atoms with Gasteiger partial charge in [-0.1, -0.05) is 6.07 Å². The summed E-state index contributed by atoms with van der Waals surface area (Å²) in [5.41, 5.74) is 1.29. The van der Waals surface area contributed by atoms with Gasteiger partial charge in [-0.2, -0.15) is 0 Å². The van der Waals surface area contributed by atoms with E-state index in [9.17, 15) is 10.1 Å². The monoisotopic (exact) mass is 272 g/mol. The molecule has 1 N–H and O–H groups in total. The zero-order chi connectivity index (χ0) is 13.2. The van der Waals surface area contributed by atoms with Gasteiger partial charge in [0.25, 0.3) is 5.69 Å². The standard InChI is InChI=1S/C12H8N4O2S/c17-16(18)8-3-4-10-11(6-8)15-12(14-10)13-7-9-2-1-5-19-9/h1-7H,(H,14,15). The number of thiophene rings is 1. The number of H-pyrrole nitrogens is 1. The van der Waals surface area contributed by atoms with Crippen LogP contribution in [0.4, 0.5) is 11.6 Å². The average Bonchev–Trinajstić information content (AvgIpc) is 3.04. The Bertz CT molecular complexity index is 761. The molecule has 0 aliphatic carbocycles. The average molecular weight is 272 g/mol. The first-order valence-electron chi connectivity index (χ1n) is 5.44. The lowest BCUT2D eigenvalue weighted by Gasteiger charge is -1.89. The number of aromatic amines is 1. The fourth-order valence-electron chi connectivity index (χ4n) is 1.65. The molecular weight excluding hydrogens is 264 g/mol. The summed E-state index contributed by atoms with van der Waals surface area (Å²) in [6.45, 7) is 0. The summed E-state index contributed by atoms with van der Waals surface area (Å²) < 4.78 is 0. The van der Waals surface area contributed by atoms with Crippen LogP contribution in [-0.2, 0) is 0 Å². The van der Waals surface area contributed by atoms with Gasteiger partial charge in [0.05, 0.1) is 16.0 Å². The number of aliphatic imine (C=N–C) groups is 1. The second-order valence-corrected chi connectivity index (χ2v) is 4.77. The maximum atomic E-state index is 10.7. The van der Waals surface area contributed by atoms with Crippen molar-refractivity contribution in [3.63, 3.8) is 0 Å². The van der Waals surface area contributed by atoms with Gasteiger partial charge in [0, 0.05) is 23.2 Å². The SMILES string of the molecule is O=[N+]([O-])c1ccc2nc(N=Cc3cccs3)[nH]c2c1. The van der Waals surface area contributed by atoms with Crippen molar-refractivity contribution in [3.8, 4) is 0 Å². The fraction of sp³-hybridized carbons (Fsp3) is 0. The highest BCUT2D eigenvalue weighted by Gasteiger charge is 2.08. The molecule has 2 heterocycles. The molecule has 7 heteroatoms. The Morgan fingerprint density at radius 3 is 3.05 bits per heavy atom. The van der Waals surface area contributed by atoms with Crippen LogP contribution in [0, 0.1) is 10.1 Å². The van der Waals surface area contributed by atoms with Gasteiger partial charge in [0.1, 0.15) is 0 Å². The van der Waals surface area contributed by atoms with Crippen molar-refractivity contribution in [2.45, 2.75) is 0 Å². The first-order valence-corrected chi connectivity index (χ1v) is 6.32. The number of nitrogens with zero attached hydrogens (tertiary/aromatic N) is 3. The van der Waals surface area contributed by atoms with E-state index in [1.807, 2.05) is 17.5 Å². The molecule has 0 spiro atoms. The number of non-ortho nitro benzene ring substituents is 1. The van der Waals surface area contributed by atoms with E-state index in [4.69, 9.17) is 0 Å². The molecule has 6 nitrogen and oxygen atoms in total. The van der Waals surface area contributed by atoms with Crippen LogP contribution in [0.3, 0.4) is 0 Å². The van der Waals surface area contributed by atoms with E-state index in [2.05, 4.69) is 15.0 Å². The number of fused-ring (bicyclic) bond motifs is 1. The lowest BCUT2D eigenvalue weighted by atomic mass is 10.3. The molecule has 0 bridgehead atoms. The predicted octanol–water partition coefficient (Wildman–Crippen LogP) is 3.28. The molecular formula is C12H8N4O2S. The number of rotatable bonds is 3. The van der Waals surface area contributed by atoms with E-state index in [0.29, 0.717) is 17.0 Å². The van der Waals surface area contributed by atoms with Gasteiger partial charge >= 0.3 is 0 Å². The topological polar surface area (TPSA) is 84.2 Å². The van der Waals surface area contributed by atoms with Gasteiger partial charge in [-0.3, -0.25) is 10.1 Å². The zero-order valence-corrected chi connectivity index (χ0v) is 10.4. The highest BCUT2D eigenvalue weighted by Crippen LogP contribution is 2.21. The number of hydrogen-bond acceptors (Lipinski definition) is 5. The Morgan fingerprint density at radius 1 is 1.42 bits per heavy atom. The molecule has 0 saturated carbocycles. The number of benzene rings is 1. The summed E-state index contributed by atoms with van der Waals surface area (Å²) in [7, 11) is 0. The molecule has 0 amide bonds. The molecule has 0 atom stereocenters. The number of hydrogen-bond donors (Lipinski definition) is 1. The van der Waals surface area contributed by atoms with E-state index >= 15 is 0 Å². The summed E-state index contributed by atoms with van der Waals surface area (Å²) in [5, 5.41) is 12.6. The normalized spacial score (nSPS) is 11.4. The summed E-state index contributed by atoms with van der Waals surface area (Å²) >= 11 is 1.58. The minimum Gasteiger partial charge on any atom is -0.322 e. The van der Waals surface area contributed by atoms with Crippen LogP contribution in [0.15, 0.2) is 40.7 Å². The van der Waals surface area contributed by atoms with Crippen LogP contribution in [0.1, 0.15) is 4.88 Å². The molecule has 3 aromatic rings. The number of nitro benzene ring substituents is 1. The third kappa shape index (κ3) is 2.36. The minimum absolute atomic E-state index is 0.0323. The van der Waals surface area contributed by atoms with E-state index in [1.54, 1.807) is 23.6 Å². The Hall–Kier alpha value is -2.54. The van der Waals surface area contributed by atoms with Crippen molar-refractivity contribution in [3.05, 3.63) is 50.7 Å². The minimum atomic E-state index is -0.436. The molecule has 19 heavy (non-hydrogen) atoms. The fourth-order valence-corrected chi connectivity index (χ4v) is 2.23. The maximum Gasteiger partial charge on any atom is 0.271 e. The third-order valence-corrected chi connectivity index (χ3v) is 3.33. The molecule has 2 aromatic heterocycles. The summed E-state index contributed by atoms with van der Waals surface area (Å²) in [5.74, 6) is 0.434. The molecule has 94 valence electrons. The van der Waals surface area contributed by atoms with Crippen molar-refractivity contribution < 1.29 is 4.92 Å². The van der Waals surface area contributed by atoms with Crippen LogP contribution in [0.5, 0.6) is 0 Å². The Morgan fingerprint density at radius 2 is 2.32 bits per heavy atom. The van der Waals surface area contributed by atoms with E-state index in [1.165, 1.54) is 12.1 Å². The van der Waals surface area contributed by atoms with Crippen LogP contribution < -0.4 is 0 Å². The van der Waals surface area contributed by atoms with Crippen molar-refractivity contribution in [1.82, 2.24) is 9.97 Å². The third-order valence-electron chi connectivity index (χ3n) is 2.52. The molecule has 0 unspecified atom stereocenters. The van der Waals surface area contributed by atoms with Gasteiger partial charge in [-0.15, -0.1) is 11.3 Å². The zero-order valence-electron chi connectivity index (χ0n) is 9.61. The molecule has 1 aromatic carbocycles. The van der Waals surface area contributed by atoms with Gasteiger partial charge in [-0.05, 0) is 17.5 Å². The van der Waals surface area contributed by atoms with Crippen LogP contribution in [0.25, 0.3) is 11.0 Å². The summed E-state index contributed by atoms with van der Waals surface area (Å²) in [4.78, 5) is 22.7. The Balaban J connectivity index is 1.95. The molecule has 3 rings (SSSR count). The molecule has 0 saturated heterocycles. The number of imidazole rings is 1. The van der Waals surface area contributed by atoms with Gasteiger partial charge in [-0.25, -0.2) is 9.98 Å². The highest BCUT2D eigenvalue weighted by molar-refractivity contribution is 7.11. The largest absolute Gasteiger partial charge is 0.322 e. The smallest absolute Gasteiger partial charge is 0.271 e. The summed E-state index contributed by atoms with van der Waals surface area (Å²) in [6, 6.07) is 8.37. The number of nitro groups is 1. The summed E-state index contributed by atoms with van der Waals surface area (Å²) in [6.07, 6.45) is 1.71. The van der Waals surface area contributed by atoms with E-state index < -0.39 is 4.92 Å². The Kier molecular flexibility index (Phi) is 2.81. The predicted molar refractivity (Wildman–Crippen MR) is 74.3 cm³/mol. The Labute approximate surface area is 111 Å². The van der Waals surface area contributed by atoms with Crippen molar-refractivity contribution >= 4 is 40.2 Å². The van der Waals surface area contributed by atoms with E-state index in [-0.39, 0.29) is 5.69 Å². The maximum absolute atomic E-state index is 10.7. The lowest BCUT2D eigenvalue weighted by Crippen LogP contribution is -1.86. The first-order chi connectivity index (χ1) is 9.22. The number of nitrogens with one attached hydrogen (secondary N) is 1. The quantitative estimate of drug-likeness (QED) is 0.451. The lowest BCUT2D eigenvalue weighted by molar-refractivity contribution is -0.384. The molecule has 0 aliphatic heterocycles. The van der Waals surface area contributed by atoms with Crippen LogP contribution >= 0.6 is 11.3 Å². The van der Waals surface area contributed by atoms with Crippen molar-refractivity contribution in [2.75, 3.05) is 0 Å². The number of aromatic nitrogens is 2. The highest BCUT2D eigenvalue weighted by atomic mass is 32.1. The van der Waals surface area contributed by atoms with Crippen LogP contribution in [-0.4, -0.2) is 21.1 Å². The second-order valence-electron chi connectivity index (χ2n) is 3.79. The van der Waals surface area contributed by atoms with E-state index in [0.717, 1.165) is 4.88 Å². The van der Waals surface area contributed by atoms with Crippen molar-refractivity contribution in [2.24, 2.45) is 4.99 Å². The van der Waals surface area contributed by atoms with Gasteiger partial charge in [0.2, 0.25) is 5.95 Å². The van der Waals surface area contributed by atoms with Gasteiger partial charge < -0.3 is 4.98 Å². The first kappa shape index (κ1) is 11.5. The second kappa shape index (κ2) is 4.62.